The van der Waals surface area contributed by atoms with Crippen LogP contribution in [0, 0.1) is 13.8 Å². The Morgan fingerprint density at radius 1 is 1.33 bits per heavy atom. The highest BCUT2D eigenvalue weighted by Crippen LogP contribution is 2.13. The molecule has 1 N–H and O–H groups in total. The number of aryl methyl sites for hydroxylation is 2. The summed E-state index contributed by atoms with van der Waals surface area (Å²) in [6.45, 7) is 6.36. The maximum absolute atomic E-state index is 9.25. The second kappa shape index (κ2) is 5.30. The van der Waals surface area contributed by atoms with E-state index in [4.69, 9.17) is 4.52 Å². The van der Waals surface area contributed by atoms with E-state index in [-0.39, 0.29) is 6.61 Å². The standard InChI is InChI=1S/C12H18N4O2/c1-4-5-12-13-11(15-18-12)6-16-9(3)10(7-17)8(2)14-16/h17H,4-7H2,1-3H3. The van der Waals surface area contributed by atoms with E-state index in [2.05, 4.69) is 22.2 Å². The molecule has 0 atom stereocenters. The Balaban J connectivity index is 2.17. The van der Waals surface area contributed by atoms with Gasteiger partial charge in [0, 0.05) is 17.7 Å². The van der Waals surface area contributed by atoms with Gasteiger partial charge >= 0.3 is 0 Å². The Kier molecular flexibility index (Phi) is 3.76. The van der Waals surface area contributed by atoms with Gasteiger partial charge in [0.2, 0.25) is 5.89 Å². The first kappa shape index (κ1) is 12.8. The van der Waals surface area contributed by atoms with Crippen molar-refractivity contribution in [1.29, 1.82) is 0 Å². The highest BCUT2D eigenvalue weighted by Gasteiger charge is 2.13. The van der Waals surface area contributed by atoms with Gasteiger partial charge in [-0.3, -0.25) is 4.68 Å². The Morgan fingerprint density at radius 3 is 2.72 bits per heavy atom. The van der Waals surface area contributed by atoms with E-state index in [1.807, 2.05) is 13.8 Å². The van der Waals surface area contributed by atoms with Crippen molar-refractivity contribution in [2.24, 2.45) is 0 Å². The van der Waals surface area contributed by atoms with Crippen LogP contribution in [0.4, 0.5) is 0 Å². The van der Waals surface area contributed by atoms with Crippen LogP contribution in [0.15, 0.2) is 4.52 Å². The molecule has 98 valence electrons. The van der Waals surface area contributed by atoms with Crippen LogP contribution in [-0.4, -0.2) is 25.0 Å². The maximum atomic E-state index is 9.25. The molecule has 18 heavy (non-hydrogen) atoms. The van der Waals surface area contributed by atoms with Crippen molar-refractivity contribution >= 4 is 0 Å². The molecule has 0 aromatic carbocycles. The minimum atomic E-state index is 0.00496. The summed E-state index contributed by atoms with van der Waals surface area (Å²) in [6, 6.07) is 0. The summed E-state index contributed by atoms with van der Waals surface area (Å²) < 4.78 is 6.92. The maximum Gasteiger partial charge on any atom is 0.226 e. The summed E-state index contributed by atoms with van der Waals surface area (Å²) in [5.74, 6) is 1.28. The third-order valence-corrected chi connectivity index (χ3v) is 2.95. The lowest BCUT2D eigenvalue weighted by Crippen LogP contribution is -2.06. The van der Waals surface area contributed by atoms with Gasteiger partial charge in [-0.2, -0.15) is 10.1 Å². The molecule has 6 heteroatoms. The molecular formula is C12H18N4O2. The van der Waals surface area contributed by atoms with E-state index >= 15 is 0 Å². The van der Waals surface area contributed by atoms with Gasteiger partial charge in [0.25, 0.3) is 0 Å². The number of aliphatic hydroxyl groups is 1. The van der Waals surface area contributed by atoms with Crippen molar-refractivity contribution in [1.82, 2.24) is 19.9 Å². The molecule has 0 aliphatic rings. The zero-order valence-electron chi connectivity index (χ0n) is 11.0. The average molecular weight is 250 g/mol. The number of nitrogens with zero attached hydrogens (tertiary/aromatic N) is 4. The van der Waals surface area contributed by atoms with Gasteiger partial charge in [0.1, 0.15) is 6.54 Å². The highest BCUT2D eigenvalue weighted by molar-refractivity contribution is 5.23. The largest absolute Gasteiger partial charge is 0.392 e. The molecule has 0 radical (unpaired) electrons. The number of hydrogen-bond acceptors (Lipinski definition) is 5. The molecule has 0 bridgehead atoms. The number of rotatable bonds is 5. The molecule has 2 aromatic heterocycles. The van der Waals surface area contributed by atoms with Crippen molar-refractivity contribution in [2.75, 3.05) is 0 Å². The predicted molar refractivity (Wildman–Crippen MR) is 65.0 cm³/mol. The first-order valence-electron chi connectivity index (χ1n) is 6.10. The third-order valence-electron chi connectivity index (χ3n) is 2.95. The molecule has 0 aliphatic heterocycles. The van der Waals surface area contributed by atoms with Crippen LogP contribution in [0.3, 0.4) is 0 Å². The van der Waals surface area contributed by atoms with Crippen LogP contribution in [-0.2, 0) is 19.6 Å². The van der Waals surface area contributed by atoms with Crippen LogP contribution >= 0.6 is 0 Å². The molecule has 2 heterocycles. The fraction of sp³-hybridized carbons (Fsp3) is 0.583. The van der Waals surface area contributed by atoms with E-state index in [9.17, 15) is 5.11 Å². The molecule has 0 saturated carbocycles. The third kappa shape index (κ3) is 2.43. The molecule has 0 amide bonds. The summed E-state index contributed by atoms with van der Waals surface area (Å²) in [5.41, 5.74) is 2.65. The van der Waals surface area contributed by atoms with E-state index in [0.29, 0.717) is 18.3 Å². The average Bonchev–Trinajstić information content (AvgIpc) is 2.87. The normalized spacial score (nSPS) is 11.1. The van der Waals surface area contributed by atoms with Gasteiger partial charge < -0.3 is 9.63 Å². The second-order valence-corrected chi connectivity index (χ2v) is 4.32. The van der Waals surface area contributed by atoms with E-state index in [1.165, 1.54) is 0 Å². The summed E-state index contributed by atoms with van der Waals surface area (Å²) in [5, 5.41) is 17.5. The Labute approximate surface area is 106 Å². The van der Waals surface area contributed by atoms with Gasteiger partial charge in [0.05, 0.1) is 12.3 Å². The van der Waals surface area contributed by atoms with Crippen molar-refractivity contribution in [3.8, 4) is 0 Å². The summed E-state index contributed by atoms with van der Waals surface area (Å²) in [4.78, 5) is 4.30. The van der Waals surface area contributed by atoms with E-state index in [1.54, 1.807) is 4.68 Å². The quantitative estimate of drug-likeness (QED) is 0.867. The van der Waals surface area contributed by atoms with Gasteiger partial charge in [0.15, 0.2) is 5.82 Å². The van der Waals surface area contributed by atoms with Crippen molar-refractivity contribution < 1.29 is 9.63 Å². The summed E-state index contributed by atoms with van der Waals surface area (Å²) in [7, 11) is 0. The van der Waals surface area contributed by atoms with Gasteiger partial charge in [-0.1, -0.05) is 12.1 Å². The molecule has 2 rings (SSSR count). The molecule has 0 unspecified atom stereocenters. The van der Waals surface area contributed by atoms with Gasteiger partial charge in [-0.15, -0.1) is 0 Å². The SMILES string of the molecule is CCCc1nc(Cn2nc(C)c(CO)c2C)no1. The van der Waals surface area contributed by atoms with Crippen LogP contribution in [0.2, 0.25) is 0 Å². The van der Waals surface area contributed by atoms with Crippen LogP contribution in [0.1, 0.15) is 42.0 Å². The zero-order valence-corrected chi connectivity index (χ0v) is 11.0. The Hall–Kier alpha value is -1.69. The fourth-order valence-corrected chi connectivity index (χ4v) is 1.92. The highest BCUT2D eigenvalue weighted by atomic mass is 16.5. The van der Waals surface area contributed by atoms with Gasteiger partial charge in [-0.05, 0) is 20.3 Å². The lowest BCUT2D eigenvalue weighted by atomic mass is 10.2. The molecule has 6 nitrogen and oxygen atoms in total. The molecule has 0 fully saturated rings. The number of hydrogen-bond donors (Lipinski definition) is 1. The molecule has 0 aliphatic carbocycles. The van der Waals surface area contributed by atoms with Crippen molar-refractivity contribution in [3.05, 3.63) is 28.7 Å². The Bertz CT molecular complexity index is 530. The lowest BCUT2D eigenvalue weighted by molar-refractivity contribution is 0.280. The first-order valence-corrected chi connectivity index (χ1v) is 6.10. The monoisotopic (exact) mass is 250 g/mol. The predicted octanol–water partition coefficient (Wildman–Crippen LogP) is 1.38. The Morgan fingerprint density at radius 2 is 2.11 bits per heavy atom. The summed E-state index contributed by atoms with van der Waals surface area (Å²) >= 11 is 0. The number of aliphatic hydroxyl groups excluding tert-OH is 1. The zero-order chi connectivity index (χ0) is 13.1. The van der Waals surface area contributed by atoms with E-state index in [0.717, 1.165) is 29.8 Å². The molecule has 0 spiro atoms. The van der Waals surface area contributed by atoms with E-state index < -0.39 is 0 Å². The lowest BCUT2D eigenvalue weighted by Gasteiger charge is -2.00. The summed E-state index contributed by atoms with van der Waals surface area (Å²) in [6.07, 6.45) is 1.78. The molecular weight excluding hydrogens is 232 g/mol. The first-order chi connectivity index (χ1) is 8.65. The van der Waals surface area contributed by atoms with Crippen molar-refractivity contribution in [2.45, 2.75) is 46.8 Å². The van der Waals surface area contributed by atoms with Crippen molar-refractivity contribution in [3.63, 3.8) is 0 Å². The minimum Gasteiger partial charge on any atom is -0.392 e. The van der Waals surface area contributed by atoms with Crippen LogP contribution < -0.4 is 0 Å². The smallest absolute Gasteiger partial charge is 0.226 e. The molecule has 2 aromatic rings. The van der Waals surface area contributed by atoms with Crippen LogP contribution in [0.25, 0.3) is 0 Å². The number of aromatic nitrogens is 4. The van der Waals surface area contributed by atoms with Gasteiger partial charge in [-0.25, -0.2) is 0 Å². The minimum absolute atomic E-state index is 0.00496. The van der Waals surface area contributed by atoms with Crippen LogP contribution in [0.5, 0.6) is 0 Å². The fourth-order valence-electron chi connectivity index (χ4n) is 1.92. The topological polar surface area (TPSA) is 77.0 Å². The molecule has 0 saturated heterocycles. The second-order valence-electron chi connectivity index (χ2n) is 4.32.